The normalized spacial score (nSPS) is 12.1. The predicted molar refractivity (Wildman–Crippen MR) is 67.6 cm³/mol. The number of carbonyl (C=O) groups is 3. The highest BCUT2D eigenvalue weighted by Crippen LogP contribution is 2.01. The van der Waals surface area contributed by atoms with E-state index in [0.29, 0.717) is 5.76 Å². The number of hydrogen-bond donors (Lipinski definition) is 3. The van der Waals surface area contributed by atoms with Crippen molar-refractivity contribution in [2.24, 2.45) is 5.73 Å². The molecule has 102 valence electrons. The lowest BCUT2D eigenvalue weighted by molar-refractivity contribution is -0.127. The molecule has 1 atom stereocenters. The van der Waals surface area contributed by atoms with Crippen molar-refractivity contribution in [3.8, 4) is 0 Å². The molecule has 0 radical (unpaired) electrons. The molecule has 1 rings (SSSR count). The lowest BCUT2D eigenvalue weighted by Crippen LogP contribution is -2.46. The third-order valence-corrected chi connectivity index (χ3v) is 2.17. The van der Waals surface area contributed by atoms with Gasteiger partial charge in [-0.25, -0.2) is 0 Å². The standard InChI is InChI=1S/C12H15N3O4/c1-8(12(13)18)15-11(17)7-14-10(16)5-4-9-3-2-6-19-9/h2-6,8H,7H2,1H3,(H2,13,18)(H,14,16)(H,15,17)/b5-4+/t8-/m0/s1. The fraction of sp³-hybridized carbons (Fsp3) is 0.250. The van der Waals surface area contributed by atoms with Gasteiger partial charge in [0.25, 0.3) is 0 Å². The Kier molecular flexibility index (Phi) is 5.34. The number of nitrogens with two attached hydrogens (primary N) is 1. The second-order valence-corrected chi connectivity index (χ2v) is 3.76. The minimum atomic E-state index is -0.775. The maximum absolute atomic E-state index is 11.4. The molecular formula is C12H15N3O4. The van der Waals surface area contributed by atoms with E-state index in [1.807, 2.05) is 0 Å². The van der Waals surface area contributed by atoms with Crippen LogP contribution < -0.4 is 16.4 Å². The summed E-state index contributed by atoms with van der Waals surface area (Å²) < 4.78 is 4.99. The summed E-state index contributed by atoms with van der Waals surface area (Å²) in [6, 6.07) is 2.60. The van der Waals surface area contributed by atoms with Crippen molar-refractivity contribution in [1.29, 1.82) is 0 Å². The highest BCUT2D eigenvalue weighted by Gasteiger charge is 2.11. The number of primary amides is 1. The number of rotatable bonds is 6. The van der Waals surface area contributed by atoms with E-state index in [2.05, 4.69) is 10.6 Å². The third kappa shape index (κ3) is 5.53. The van der Waals surface area contributed by atoms with Gasteiger partial charge in [0.05, 0.1) is 12.8 Å². The van der Waals surface area contributed by atoms with Crippen LogP contribution in [0.3, 0.4) is 0 Å². The maximum Gasteiger partial charge on any atom is 0.244 e. The molecule has 0 aromatic carbocycles. The summed E-state index contributed by atoms with van der Waals surface area (Å²) in [5.74, 6) is -1.05. The van der Waals surface area contributed by atoms with E-state index in [9.17, 15) is 14.4 Å². The zero-order valence-electron chi connectivity index (χ0n) is 10.4. The van der Waals surface area contributed by atoms with Crippen LogP contribution in [0, 0.1) is 0 Å². The Morgan fingerprint density at radius 3 is 2.79 bits per heavy atom. The van der Waals surface area contributed by atoms with E-state index in [4.69, 9.17) is 10.2 Å². The zero-order chi connectivity index (χ0) is 14.3. The Balaban J connectivity index is 2.30. The van der Waals surface area contributed by atoms with Gasteiger partial charge in [-0.2, -0.15) is 0 Å². The van der Waals surface area contributed by atoms with Gasteiger partial charge in [-0.1, -0.05) is 0 Å². The Labute approximate surface area is 109 Å². The van der Waals surface area contributed by atoms with Gasteiger partial charge < -0.3 is 20.8 Å². The van der Waals surface area contributed by atoms with Crippen LogP contribution in [0.1, 0.15) is 12.7 Å². The number of furan rings is 1. The Morgan fingerprint density at radius 1 is 1.47 bits per heavy atom. The summed E-state index contributed by atoms with van der Waals surface area (Å²) in [5, 5.41) is 4.69. The quantitative estimate of drug-likeness (QED) is 0.596. The molecule has 19 heavy (non-hydrogen) atoms. The van der Waals surface area contributed by atoms with Crippen LogP contribution in [0.5, 0.6) is 0 Å². The number of hydrogen-bond acceptors (Lipinski definition) is 4. The Bertz CT molecular complexity index is 479. The lowest BCUT2D eigenvalue weighted by atomic mass is 10.3. The Hall–Kier alpha value is -2.57. The lowest BCUT2D eigenvalue weighted by Gasteiger charge is -2.09. The number of nitrogens with one attached hydrogen (secondary N) is 2. The van der Waals surface area contributed by atoms with Crippen molar-refractivity contribution in [2.75, 3.05) is 6.54 Å². The molecule has 0 fully saturated rings. The third-order valence-electron chi connectivity index (χ3n) is 2.17. The molecule has 0 saturated carbocycles. The summed E-state index contributed by atoms with van der Waals surface area (Å²) in [6.45, 7) is 1.22. The van der Waals surface area contributed by atoms with Gasteiger partial charge in [0.15, 0.2) is 0 Å². The molecular weight excluding hydrogens is 250 g/mol. The first kappa shape index (κ1) is 14.5. The molecule has 4 N–H and O–H groups in total. The second kappa shape index (κ2) is 7.00. The maximum atomic E-state index is 11.4. The van der Waals surface area contributed by atoms with Gasteiger partial charge in [-0.3, -0.25) is 14.4 Å². The van der Waals surface area contributed by atoms with Gasteiger partial charge in [0.1, 0.15) is 11.8 Å². The fourth-order valence-corrected chi connectivity index (χ4v) is 1.13. The predicted octanol–water partition coefficient (Wildman–Crippen LogP) is -0.601. The first-order chi connectivity index (χ1) is 8.99. The van der Waals surface area contributed by atoms with Crippen LogP contribution in [-0.2, 0) is 14.4 Å². The van der Waals surface area contributed by atoms with Crippen LogP contribution >= 0.6 is 0 Å². The summed E-state index contributed by atoms with van der Waals surface area (Å²) in [7, 11) is 0. The molecule has 7 nitrogen and oxygen atoms in total. The van der Waals surface area contributed by atoms with Gasteiger partial charge in [0, 0.05) is 6.08 Å². The second-order valence-electron chi connectivity index (χ2n) is 3.76. The molecule has 3 amide bonds. The Morgan fingerprint density at radius 2 is 2.21 bits per heavy atom. The molecule has 1 aromatic rings. The minimum Gasteiger partial charge on any atom is -0.465 e. The zero-order valence-corrected chi connectivity index (χ0v) is 10.4. The summed E-state index contributed by atoms with van der Waals surface area (Å²) >= 11 is 0. The molecule has 0 aliphatic carbocycles. The summed E-state index contributed by atoms with van der Waals surface area (Å²) in [4.78, 5) is 33.4. The van der Waals surface area contributed by atoms with Gasteiger partial charge >= 0.3 is 0 Å². The van der Waals surface area contributed by atoms with E-state index in [-0.39, 0.29) is 6.54 Å². The van der Waals surface area contributed by atoms with Crippen molar-refractivity contribution in [3.63, 3.8) is 0 Å². The monoisotopic (exact) mass is 265 g/mol. The molecule has 0 spiro atoms. The average molecular weight is 265 g/mol. The molecule has 0 bridgehead atoms. The molecule has 7 heteroatoms. The summed E-state index contributed by atoms with van der Waals surface area (Å²) in [6.07, 6.45) is 4.19. The van der Waals surface area contributed by atoms with E-state index in [1.54, 1.807) is 12.1 Å². The van der Waals surface area contributed by atoms with Crippen LogP contribution in [0.15, 0.2) is 28.9 Å². The van der Waals surface area contributed by atoms with Crippen molar-refractivity contribution >= 4 is 23.8 Å². The van der Waals surface area contributed by atoms with Crippen molar-refractivity contribution in [3.05, 3.63) is 30.2 Å². The highest BCUT2D eigenvalue weighted by molar-refractivity contribution is 5.94. The van der Waals surface area contributed by atoms with E-state index >= 15 is 0 Å². The van der Waals surface area contributed by atoms with E-state index < -0.39 is 23.8 Å². The van der Waals surface area contributed by atoms with Crippen molar-refractivity contribution in [2.45, 2.75) is 13.0 Å². The van der Waals surface area contributed by atoms with E-state index in [0.717, 1.165) is 0 Å². The van der Waals surface area contributed by atoms with Gasteiger partial charge in [-0.05, 0) is 25.1 Å². The van der Waals surface area contributed by atoms with Crippen LogP contribution in [0.2, 0.25) is 0 Å². The highest BCUT2D eigenvalue weighted by atomic mass is 16.3. The molecule has 0 aliphatic heterocycles. The number of carbonyl (C=O) groups excluding carboxylic acids is 3. The van der Waals surface area contributed by atoms with Crippen molar-refractivity contribution < 1.29 is 18.8 Å². The van der Waals surface area contributed by atoms with Crippen LogP contribution in [0.4, 0.5) is 0 Å². The molecule has 0 unspecified atom stereocenters. The molecule has 0 saturated heterocycles. The van der Waals surface area contributed by atoms with Gasteiger partial charge in [0.2, 0.25) is 17.7 Å². The van der Waals surface area contributed by atoms with Crippen LogP contribution in [0.25, 0.3) is 6.08 Å². The SMILES string of the molecule is C[C@H](NC(=O)CNC(=O)/C=C/c1ccco1)C(N)=O. The average Bonchev–Trinajstić information content (AvgIpc) is 2.86. The smallest absolute Gasteiger partial charge is 0.244 e. The molecule has 0 aliphatic rings. The molecule has 1 heterocycles. The van der Waals surface area contributed by atoms with Gasteiger partial charge in [-0.15, -0.1) is 0 Å². The first-order valence-corrected chi connectivity index (χ1v) is 5.57. The number of amides is 3. The van der Waals surface area contributed by atoms with Crippen LogP contribution in [-0.4, -0.2) is 30.3 Å². The largest absolute Gasteiger partial charge is 0.465 e. The minimum absolute atomic E-state index is 0.237. The fourth-order valence-electron chi connectivity index (χ4n) is 1.13. The van der Waals surface area contributed by atoms with E-state index in [1.165, 1.54) is 25.3 Å². The van der Waals surface area contributed by atoms with Crippen molar-refractivity contribution in [1.82, 2.24) is 10.6 Å². The summed E-state index contributed by atoms with van der Waals surface area (Å²) in [5.41, 5.74) is 4.98. The topological polar surface area (TPSA) is 114 Å². The first-order valence-electron chi connectivity index (χ1n) is 5.57. The molecule has 1 aromatic heterocycles.